The largest absolute Gasteiger partial charge is 0.508 e. The minimum absolute atomic E-state index is 0.0855. The number of rotatable bonds is 2. The highest BCUT2D eigenvalue weighted by atomic mass is 16.3. The summed E-state index contributed by atoms with van der Waals surface area (Å²) in [6.45, 7) is 4.52. The van der Waals surface area contributed by atoms with Gasteiger partial charge in [-0.15, -0.1) is 0 Å². The Kier molecular flexibility index (Phi) is 3.90. The van der Waals surface area contributed by atoms with Gasteiger partial charge in [0.1, 0.15) is 5.75 Å². The van der Waals surface area contributed by atoms with E-state index < -0.39 is 0 Å². The fraction of sp³-hybridized carbons (Fsp3) is 0.533. The Bertz CT molecular complexity index is 430. The van der Waals surface area contributed by atoms with Gasteiger partial charge in [-0.3, -0.25) is 4.79 Å². The molecule has 1 aromatic carbocycles. The molecule has 0 bridgehead atoms. The van der Waals surface area contributed by atoms with Crippen LogP contribution in [0.1, 0.15) is 43.5 Å². The van der Waals surface area contributed by atoms with Crippen molar-refractivity contribution in [3.8, 4) is 5.75 Å². The summed E-state index contributed by atoms with van der Waals surface area (Å²) in [4.78, 5) is 12.0. The van der Waals surface area contributed by atoms with Gasteiger partial charge in [0.25, 0.3) is 5.91 Å². The summed E-state index contributed by atoms with van der Waals surface area (Å²) in [7, 11) is 0. The van der Waals surface area contributed by atoms with Crippen LogP contribution in [0.2, 0.25) is 0 Å². The quantitative estimate of drug-likeness (QED) is 0.844. The third-order valence-corrected chi connectivity index (χ3v) is 4.04. The van der Waals surface area contributed by atoms with E-state index in [2.05, 4.69) is 19.2 Å². The highest BCUT2D eigenvalue weighted by Crippen LogP contribution is 2.29. The van der Waals surface area contributed by atoms with Crippen molar-refractivity contribution in [2.45, 2.75) is 39.2 Å². The molecular formula is C15H21NO2. The zero-order chi connectivity index (χ0) is 13.1. The van der Waals surface area contributed by atoms with E-state index in [1.165, 1.54) is 12.5 Å². The van der Waals surface area contributed by atoms with E-state index in [-0.39, 0.29) is 17.7 Å². The summed E-state index contributed by atoms with van der Waals surface area (Å²) in [5.74, 6) is 1.46. The van der Waals surface area contributed by atoms with Crippen molar-refractivity contribution < 1.29 is 9.90 Å². The first-order chi connectivity index (χ1) is 8.56. The molecule has 1 saturated carbocycles. The van der Waals surface area contributed by atoms with Crippen molar-refractivity contribution in [1.82, 2.24) is 5.32 Å². The average Bonchev–Trinajstić information content (AvgIpc) is 2.34. The van der Waals surface area contributed by atoms with Gasteiger partial charge in [-0.25, -0.2) is 0 Å². The van der Waals surface area contributed by atoms with E-state index in [0.717, 1.165) is 18.8 Å². The van der Waals surface area contributed by atoms with Gasteiger partial charge < -0.3 is 10.4 Å². The number of carbonyl (C=O) groups excluding carboxylic acids is 1. The molecule has 0 aromatic heterocycles. The Morgan fingerprint density at radius 1 is 1.28 bits per heavy atom. The molecule has 3 heteroatoms. The van der Waals surface area contributed by atoms with Gasteiger partial charge in [0.15, 0.2) is 0 Å². The minimum Gasteiger partial charge on any atom is -0.508 e. The topological polar surface area (TPSA) is 49.3 Å². The van der Waals surface area contributed by atoms with Crippen molar-refractivity contribution in [3.05, 3.63) is 29.8 Å². The highest BCUT2D eigenvalue weighted by Gasteiger charge is 2.25. The van der Waals surface area contributed by atoms with Crippen LogP contribution in [0.4, 0.5) is 0 Å². The monoisotopic (exact) mass is 247 g/mol. The fourth-order valence-corrected chi connectivity index (χ4v) is 2.59. The Morgan fingerprint density at radius 3 is 2.72 bits per heavy atom. The Balaban J connectivity index is 1.96. The van der Waals surface area contributed by atoms with Gasteiger partial charge >= 0.3 is 0 Å². The van der Waals surface area contributed by atoms with Gasteiger partial charge in [-0.05, 0) is 49.3 Å². The van der Waals surface area contributed by atoms with Crippen LogP contribution in [0.3, 0.4) is 0 Å². The van der Waals surface area contributed by atoms with Crippen LogP contribution < -0.4 is 5.32 Å². The van der Waals surface area contributed by atoms with E-state index in [1.54, 1.807) is 18.2 Å². The van der Waals surface area contributed by atoms with Gasteiger partial charge in [-0.2, -0.15) is 0 Å². The molecule has 1 amide bonds. The molecule has 1 aliphatic carbocycles. The smallest absolute Gasteiger partial charge is 0.251 e. The van der Waals surface area contributed by atoms with Crippen LogP contribution in [0.15, 0.2) is 24.3 Å². The van der Waals surface area contributed by atoms with Crippen LogP contribution in [0, 0.1) is 11.8 Å². The first-order valence-corrected chi connectivity index (χ1v) is 6.66. The third kappa shape index (κ3) is 3.03. The van der Waals surface area contributed by atoms with Crippen LogP contribution in [-0.4, -0.2) is 17.1 Å². The summed E-state index contributed by atoms with van der Waals surface area (Å²) in [5.41, 5.74) is 0.529. The molecule has 18 heavy (non-hydrogen) atoms. The maximum atomic E-state index is 12.0. The molecule has 0 aliphatic heterocycles. The van der Waals surface area contributed by atoms with Gasteiger partial charge in [0.2, 0.25) is 0 Å². The average molecular weight is 247 g/mol. The lowest BCUT2D eigenvalue weighted by Gasteiger charge is -2.32. The standard InChI is InChI=1S/C15H21NO2/c1-10-6-7-13(8-11(10)2)16-15(18)12-4-3-5-14(17)9-12/h3-5,9-11,13,17H,6-8H2,1-2H3,(H,16,18). The van der Waals surface area contributed by atoms with Gasteiger partial charge in [0.05, 0.1) is 0 Å². The lowest BCUT2D eigenvalue weighted by molar-refractivity contribution is 0.0910. The Labute approximate surface area is 108 Å². The van der Waals surface area contributed by atoms with E-state index >= 15 is 0 Å². The number of phenols is 1. The van der Waals surface area contributed by atoms with Gasteiger partial charge in [-0.1, -0.05) is 19.9 Å². The molecule has 2 rings (SSSR count). The lowest BCUT2D eigenvalue weighted by atomic mass is 9.79. The maximum absolute atomic E-state index is 12.0. The molecule has 0 spiro atoms. The predicted molar refractivity (Wildman–Crippen MR) is 71.5 cm³/mol. The zero-order valence-electron chi connectivity index (χ0n) is 11.0. The molecule has 3 nitrogen and oxygen atoms in total. The molecule has 3 atom stereocenters. The summed E-state index contributed by atoms with van der Waals surface area (Å²) >= 11 is 0. The number of aromatic hydroxyl groups is 1. The van der Waals surface area contributed by atoms with Crippen molar-refractivity contribution in [1.29, 1.82) is 0 Å². The summed E-state index contributed by atoms with van der Waals surface area (Å²) in [6, 6.07) is 6.76. The first kappa shape index (κ1) is 12.9. The molecule has 1 aromatic rings. The molecule has 98 valence electrons. The molecular weight excluding hydrogens is 226 g/mol. The van der Waals surface area contributed by atoms with E-state index in [9.17, 15) is 9.90 Å². The molecule has 0 saturated heterocycles. The maximum Gasteiger partial charge on any atom is 0.251 e. The first-order valence-electron chi connectivity index (χ1n) is 6.66. The van der Waals surface area contributed by atoms with Crippen LogP contribution in [-0.2, 0) is 0 Å². The SMILES string of the molecule is CC1CCC(NC(=O)c2cccc(O)c2)CC1C. The lowest BCUT2D eigenvalue weighted by Crippen LogP contribution is -2.39. The molecule has 0 radical (unpaired) electrons. The van der Waals surface area contributed by atoms with E-state index in [1.807, 2.05) is 0 Å². The van der Waals surface area contributed by atoms with Crippen molar-refractivity contribution in [2.75, 3.05) is 0 Å². The number of carbonyl (C=O) groups is 1. The van der Waals surface area contributed by atoms with Crippen LogP contribution in [0.5, 0.6) is 5.75 Å². The molecule has 1 fully saturated rings. The number of hydrogen-bond acceptors (Lipinski definition) is 2. The second kappa shape index (κ2) is 5.42. The van der Waals surface area contributed by atoms with E-state index in [0.29, 0.717) is 11.5 Å². The molecule has 2 N–H and O–H groups in total. The summed E-state index contributed by atoms with van der Waals surface area (Å²) in [5, 5.41) is 12.4. The summed E-state index contributed by atoms with van der Waals surface area (Å²) in [6.07, 6.45) is 3.27. The highest BCUT2D eigenvalue weighted by molar-refractivity contribution is 5.94. The van der Waals surface area contributed by atoms with E-state index in [4.69, 9.17) is 0 Å². The van der Waals surface area contributed by atoms with Crippen LogP contribution >= 0.6 is 0 Å². The second-order valence-electron chi connectivity index (χ2n) is 5.49. The Hall–Kier alpha value is -1.51. The van der Waals surface area contributed by atoms with Crippen molar-refractivity contribution in [2.24, 2.45) is 11.8 Å². The second-order valence-corrected chi connectivity index (χ2v) is 5.49. The molecule has 0 heterocycles. The third-order valence-electron chi connectivity index (χ3n) is 4.04. The van der Waals surface area contributed by atoms with Crippen molar-refractivity contribution in [3.63, 3.8) is 0 Å². The summed E-state index contributed by atoms with van der Waals surface area (Å²) < 4.78 is 0. The number of phenolic OH excluding ortho intramolecular Hbond substituents is 1. The fourth-order valence-electron chi connectivity index (χ4n) is 2.59. The zero-order valence-corrected chi connectivity index (χ0v) is 11.0. The molecule has 1 aliphatic rings. The number of nitrogens with one attached hydrogen (secondary N) is 1. The van der Waals surface area contributed by atoms with Crippen molar-refractivity contribution >= 4 is 5.91 Å². The predicted octanol–water partition coefficient (Wildman–Crippen LogP) is 2.95. The number of hydrogen-bond donors (Lipinski definition) is 2. The van der Waals surface area contributed by atoms with Crippen LogP contribution in [0.25, 0.3) is 0 Å². The van der Waals surface area contributed by atoms with Gasteiger partial charge in [0, 0.05) is 11.6 Å². The number of benzene rings is 1. The Morgan fingerprint density at radius 2 is 2.06 bits per heavy atom. The molecule has 3 unspecified atom stereocenters. The number of amides is 1. The normalized spacial score (nSPS) is 27.8. The minimum atomic E-state index is -0.0855.